The van der Waals surface area contributed by atoms with Crippen LogP contribution >= 0.6 is 7.82 Å². The third-order valence-electron chi connectivity index (χ3n) is 2.74. The van der Waals surface area contributed by atoms with E-state index in [1.165, 1.54) is 0 Å². The van der Waals surface area contributed by atoms with E-state index in [4.69, 9.17) is 9.79 Å². The van der Waals surface area contributed by atoms with E-state index in [2.05, 4.69) is 25.3 Å². The van der Waals surface area contributed by atoms with Crippen LogP contribution in [-0.2, 0) is 9.98 Å². The molecule has 2 N–H and O–H groups in total. The molecule has 0 aromatic heterocycles. The molecule has 0 spiro atoms. The maximum atomic E-state index is 10.6. The van der Waals surface area contributed by atoms with Gasteiger partial charge in [-0.25, -0.2) is 4.57 Å². The van der Waals surface area contributed by atoms with Crippen LogP contribution < -0.4 is 4.52 Å². The summed E-state index contributed by atoms with van der Waals surface area (Å²) < 4.78 is 15.1. The van der Waals surface area contributed by atoms with Crippen LogP contribution in [0.4, 0.5) is 0 Å². The van der Waals surface area contributed by atoms with Crippen LogP contribution in [-0.4, -0.2) is 9.79 Å². The highest BCUT2D eigenvalue weighted by molar-refractivity contribution is 7.46. The second-order valence-electron chi connectivity index (χ2n) is 4.34. The van der Waals surface area contributed by atoms with Crippen molar-refractivity contribution in [1.82, 2.24) is 0 Å². The number of rotatable bonds is 4. The predicted octanol–water partition coefficient (Wildman–Crippen LogP) is 2.85. The molecule has 1 rings (SSSR count). The van der Waals surface area contributed by atoms with E-state index in [0.29, 0.717) is 0 Å². The van der Waals surface area contributed by atoms with E-state index in [1.807, 2.05) is 12.1 Å². The summed E-state index contributed by atoms with van der Waals surface area (Å²) in [6, 6.07) is 6.81. The number of phosphoric ester groups is 1. The van der Waals surface area contributed by atoms with Crippen molar-refractivity contribution in [2.75, 3.05) is 0 Å². The smallest absolute Gasteiger partial charge is 0.404 e. The van der Waals surface area contributed by atoms with E-state index in [9.17, 15) is 4.57 Å². The third-order valence-corrected chi connectivity index (χ3v) is 3.19. The highest BCUT2D eigenvalue weighted by atomic mass is 31.2. The Kier molecular flexibility index (Phi) is 3.79. The lowest BCUT2D eigenvalue weighted by molar-refractivity contribution is 0.283. The zero-order valence-corrected chi connectivity index (χ0v) is 10.6. The highest BCUT2D eigenvalue weighted by Crippen LogP contribution is 2.38. The fraction of sp³-hybridized carbons (Fsp3) is 0.455. The zero-order valence-electron chi connectivity index (χ0n) is 9.67. The molecule has 5 heteroatoms. The minimum absolute atomic E-state index is 0.0562. The van der Waals surface area contributed by atoms with Crippen LogP contribution in [0.1, 0.15) is 32.8 Å². The summed E-state index contributed by atoms with van der Waals surface area (Å²) in [5.41, 5.74) is 1.17. The van der Waals surface area contributed by atoms with Crippen molar-refractivity contribution in [3.63, 3.8) is 0 Å². The Bertz CT molecular complexity index is 391. The van der Waals surface area contributed by atoms with Gasteiger partial charge in [0.2, 0.25) is 0 Å². The molecule has 0 saturated carbocycles. The Hall–Kier alpha value is -0.830. The van der Waals surface area contributed by atoms with E-state index in [1.54, 1.807) is 12.1 Å². The van der Waals surface area contributed by atoms with Crippen molar-refractivity contribution < 1.29 is 18.9 Å². The van der Waals surface area contributed by atoms with Gasteiger partial charge in [0.1, 0.15) is 5.75 Å². The highest BCUT2D eigenvalue weighted by Gasteiger charge is 2.19. The van der Waals surface area contributed by atoms with Crippen molar-refractivity contribution in [1.29, 1.82) is 0 Å². The second-order valence-corrected chi connectivity index (χ2v) is 5.51. The molecule has 90 valence electrons. The molecule has 16 heavy (non-hydrogen) atoms. The van der Waals surface area contributed by atoms with Gasteiger partial charge in [0.15, 0.2) is 0 Å². The zero-order chi connectivity index (χ0) is 12.4. The van der Waals surface area contributed by atoms with Crippen LogP contribution in [0.2, 0.25) is 0 Å². The molecular weight excluding hydrogens is 227 g/mol. The molecule has 0 bridgehead atoms. The van der Waals surface area contributed by atoms with E-state index in [0.717, 1.165) is 12.0 Å². The largest absolute Gasteiger partial charge is 0.524 e. The van der Waals surface area contributed by atoms with Gasteiger partial charge in [-0.2, -0.15) is 0 Å². The molecule has 0 aliphatic carbocycles. The Morgan fingerprint density at radius 3 is 2.12 bits per heavy atom. The number of phosphoric acid groups is 1. The minimum atomic E-state index is -4.45. The molecule has 0 heterocycles. The number of benzene rings is 1. The first-order chi connectivity index (χ1) is 7.24. The lowest BCUT2D eigenvalue weighted by Crippen LogP contribution is -2.14. The molecule has 0 amide bonds. The fourth-order valence-corrected chi connectivity index (χ4v) is 1.70. The maximum absolute atomic E-state index is 10.6. The normalized spacial score (nSPS) is 12.6. The van der Waals surface area contributed by atoms with Crippen LogP contribution in [0.25, 0.3) is 0 Å². The SMILES string of the molecule is CCC(C)(C)c1ccc(OP(=O)(O)O)cc1. The van der Waals surface area contributed by atoms with Crippen molar-refractivity contribution in [2.24, 2.45) is 0 Å². The van der Waals surface area contributed by atoms with Gasteiger partial charge in [-0.1, -0.05) is 32.9 Å². The van der Waals surface area contributed by atoms with Gasteiger partial charge < -0.3 is 4.52 Å². The van der Waals surface area contributed by atoms with Crippen LogP contribution in [0.15, 0.2) is 24.3 Å². The summed E-state index contributed by atoms with van der Waals surface area (Å²) >= 11 is 0. The monoisotopic (exact) mass is 244 g/mol. The molecule has 1 aromatic carbocycles. The van der Waals surface area contributed by atoms with Gasteiger partial charge in [-0.3, -0.25) is 9.79 Å². The van der Waals surface area contributed by atoms with Crippen LogP contribution in [0.5, 0.6) is 5.75 Å². The first-order valence-corrected chi connectivity index (χ1v) is 6.63. The molecule has 1 aromatic rings. The molecule has 0 fully saturated rings. The topological polar surface area (TPSA) is 66.8 Å². The second kappa shape index (κ2) is 4.58. The standard InChI is InChI=1S/C11H17O4P/c1-4-11(2,3)9-5-7-10(8-6-9)15-16(12,13)14/h5-8H,4H2,1-3H3,(H2,12,13,14). The van der Waals surface area contributed by atoms with E-state index >= 15 is 0 Å². The lowest BCUT2D eigenvalue weighted by atomic mass is 9.82. The van der Waals surface area contributed by atoms with Gasteiger partial charge >= 0.3 is 7.82 Å². The predicted molar refractivity (Wildman–Crippen MR) is 62.4 cm³/mol. The number of hydrogen-bond donors (Lipinski definition) is 2. The summed E-state index contributed by atoms with van der Waals surface area (Å²) in [7, 11) is -4.45. The Balaban J connectivity index is 2.88. The Morgan fingerprint density at radius 1 is 1.25 bits per heavy atom. The van der Waals surface area contributed by atoms with Crippen LogP contribution in [0.3, 0.4) is 0 Å². The van der Waals surface area contributed by atoms with Gasteiger partial charge in [0.25, 0.3) is 0 Å². The molecule has 4 nitrogen and oxygen atoms in total. The third kappa shape index (κ3) is 3.63. The van der Waals surface area contributed by atoms with Gasteiger partial charge in [0, 0.05) is 0 Å². The molecule has 0 saturated heterocycles. The number of hydrogen-bond acceptors (Lipinski definition) is 2. The first-order valence-electron chi connectivity index (χ1n) is 5.10. The summed E-state index contributed by atoms with van der Waals surface area (Å²) in [6.07, 6.45) is 0.992. The molecule has 0 radical (unpaired) electrons. The molecule has 0 atom stereocenters. The first kappa shape index (κ1) is 13.2. The summed E-state index contributed by atoms with van der Waals surface area (Å²) in [5.74, 6) is 0.184. The van der Waals surface area contributed by atoms with E-state index in [-0.39, 0.29) is 11.2 Å². The Labute approximate surface area is 95.5 Å². The summed E-state index contributed by atoms with van der Waals surface area (Å²) in [5, 5.41) is 0. The quantitative estimate of drug-likeness (QED) is 0.799. The molecule has 0 aliphatic rings. The van der Waals surface area contributed by atoms with Gasteiger partial charge in [-0.05, 0) is 29.5 Å². The summed E-state index contributed by atoms with van der Waals surface area (Å²) in [4.78, 5) is 17.3. The van der Waals surface area contributed by atoms with Crippen molar-refractivity contribution in [3.8, 4) is 5.75 Å². The van der Waals surface area contributed by atoms with Crippen molar-refractivity contribution >= 4 is 7.82 Å². The van der Waals surface area contributed by atoms with E-state index < -0.39 is 7.82 Å². The maximum Gasteiger partial charge on any atom is 0.524 e. The minimum Gasteiger partial charge on any atom is -0.404 e. The average molecular weight is 244 g/mol. The van der Waals surface area contributed by atoms with Crippen LogP contribution in [0, 0.1) is 0 Å². The van der Waals surface area contributed by atoms with Gasteiger partial charge in [0.05, 0.1) is 0 Å². The van der Waals surface area contributed by atoms with Crippen molar-refractivity contribution in [2.45, 2.75) is 32.6 Å². The molecule has 0 aliphatic heterocycles. The molecular formula is C11H17O4P. The van der Waals surface area contributed by atoms with Gasteiger partial charge in [-0.15, -0.1) is 0 Å². The fourth-order valence-electron chi connectivity index (χ4n) is 1.31. The Morgan fingerprint density at radius 2 is 1.75 bits per heavy atom. The summed E-state index contributed by atoms with van der Waals surface area (Å²) in [6.45, 7) is 6.33. The molecule has 0 unspecified atom stereocenters. The lowest BCUT2D eigenvalue weighted by Gasteiger charge is -2.23. The average Bonchev–Trinajstić information content (AvgIpc) is 2.16. The van der Waals surface area contributed by atoms with Crippen molar-refractivity contribution in [3.05, 3.63) is 29.8 Å².